The van der Waals surface area contributed by atoms with Gasteiger partial charge >= 0.3 is 6.03 Å². The van der Waals surface area contributed by atoms with E-state index in [2.05, 4.69) is 35.1 Å². The van der Waals surface area contributed by atoms with Gasteiger partial charge in [-0.25, -0.2) is 4.79 Å². The molecule has 0 spiro atoms. The highest BCUT2D eigenvalue weighted by molar-refractivity contribution is 6.30. The largest absolute Gasteiger partial charge is 0.335 e. The van der Waals surface area contributed by atoms with Gasteiger partial charge in [0.15, 0.2) is 0 Å². The topological polar surface area (TPSA) is 46.1 Å². The third-order valence-electron chi connectivity index (χ3n) is 4.75. The average Bonchev–Trinajstić information content (AvgIpc) is 3.15. The maximum absolute atomic E-state index is 12.0. The van der Waals surface area contributed by atoms with Gasteiger partial charge in [-0.3, -0.25) is 0 Å². The van der Waals surface area contributed by atoms with Gasteiger partial charge in [0.2, 0.25) is 0 Å². The van der Waals surface area contributed by atoms with Crippen LogP contribution in [0.2, 0.25) is 5.02 Å². The zero-order valence-corrected chi connectivity index (χ0v) is 15.0. The van der Waals surface area contributed by atoms with Crippen molar-refractivity contribution in [2.75, 3.05) is 0 Å². The number of halogens is 1. The van der Waals surface area contributed by atoms with E-state index in [1.54, 1.807) is 0 Å². The summed E-state index contributed by atoms with van der Waals surface area (Å²) in [5.74, 6) is 0. The smallest absolute Gasteiger partial charge is 0.315 e. The van der Waals surface area contributed by atoms with Crippen LogP contribution in [0.5, 0.6) is 0 Å². The number of rotatable bonds is 4. The van der Waals surface area contributed by atoms with Crippen LogP contribution in [0, 0.1) is 13.8 Å². The maximum Gasteiger partial charge on any atom is 0.315 e. The van der Waals surface area contributed by atoms with Gasteiger partial charge in [0, 0.05) is 34.7 Å². The Morgan fingerprint density at radius 3 is 2.54 bits per heavy atom. The minimum atomic E-state index is -0.0711. The van der Waals surface area contributed by atoms with Crippen LogP contribution in [-0.2, 0) is 6.54 Å². The molecule has 0 bridgehead atoms. The normalized spacial score (nSPS) is 14.8. The fourth-order valence-electron chi connectivity index (χ4n) is 3.48. The van der Waals surface area contributed by atoms with Crippen molar-refractivity contribution < 1.29 is 4.79 Å². The first kappa shape index (κ1) is 16.9. The predicted octanol–water partition coefficient (Wildman–Crippen LogP) is 4.49. The molecule has 0 radical (unpaired) electrons. The van der Waals surface area contributed by atoms with Gasteiger partial charge in [-0.15, -0.1) is 0 Å². The first-order valence-electron chi connectivity index (χ1n) is 8.52. The number of carbonyl (C=O) groups excluding carboxylic acids is 1. The first-order chi connectivity index (χ1) is 11.5. The zero-order valence-electron chi connectivity index (χ0n) is 14.2. The third kappa shape index (κ3) is 3.75. The van der Waals surface area contributed by atoms with E-state index in [1.807, 2.05) is 24.3 Å². The van der Waals surface area contributed by atoms with E-state index in [0.717, 1.165) is 40.5 Å². The SMILES string of the molecule is Cc1cc(CNC(=O)NC2CCCC2)c(C)n1-c1ccc(Cl)cc1. The Hall–Kier alpha value is -1.94. The van der Waals surface area contributed by atoms with E-state index < -0.39 is 0 Å². The highest BCUT2D eigenvalue weighted by Gasteiger charge is 2.17. The number of carbonyl (C=O) groups is 1. The van der Waals surface area contributed by atoms with Crippen molar-refractivity contribution in [2.45, 2.75) is 52.1 Å². The van der Waals surface area contributed by atoms with Gasteiger partial charge in [-0.1, -0.05) is 24.4 Å². The summed E-state index contributed by atoms with van der Waals surface area (Å²) in [4.78, 5) is 12.0. The summed E-state index contributed by atoms with van der Waals surface area (Å²) in [6.45, 7) is 4.68. The lowest BCUT2D eigenvalue weighted by Gasteiger charge is -2.13. The molecule has 1 heterocycles. The molecule has 0 aliphatic heterocycles. The lowest BCUT2D eigenvalue weighted by molar-refractivity contribution is 0.236. The molecule has 2 N–H and O–H groups in total. The number of benzene rings is 1. The molecule has 1 aliphatic rings. The quantitative estimate of drug-likeness (QED) is 0.842. The van der Waals surface area contributed by atoms with Crippen molar-refractivity contribution >= 4 is 17.6 Å². The van der Waals surface area contributed by atoms with Crippen LogP contribution in [0.4, 0.5) is 4.79 Å². The van der Waals surface area contributed by atoms with Crippen LogP contribution in [0.3, 0.4) is 0 Å². The first-order valence-corrected chi connectivity index (χ1v) is 8.90. The summed E-state index contributed by atoms with van der Waals surface area (Å²) in [6.07, 6.45) is 4.62. The van der Waals surface area contributed by atoms with Crippen LogP contribution in [0.25, 0.3) is 5.69 Å². The molecule has 2 amide bonds. The minimum Gasteiger partial charge on any atom is -0.335 e. The van der Waals surface area contributed by atoms with Gasteiger partial charge in [-0.05, 0) is 62.6 Å². The molecular formula is C19H24ClN3O. The van der Waals surface area contributed by atoms with Crippen LogP contribution in [0.15, 0.2) is 30.3 Å². The van der Waals surface area contributed by atoms with Crippen molar-refractivity contribution in [3.63, 3.8) is 0 Å². The Kier molecular flexibility index (Phi) is 5.14. The van der Waals surface area contributed by atoms with Crippen LogP contribution < -0.4 is 10.6 Å². The summed E-state index contributed by atoms with van der Waals surface area (Å²) in [6, 6.07) is 10.2. The second-order valence-corrected chi connectivity index (χ2v) is 6.95. The van der Waals surface area contributed by atoms with Crippen molar-refractivity contribution in [3.05, 3.63) is 52.3 Å². The lowest BCUT2D eigenvalue weighted by Crippen LogP contribution is -2.40. The van der Waals surface area contributed by atoms with E-state index in [9.17, 15) is 4.79 Å². The monoisotopic (exact) mass is 345 g/mol. The number of nitrogens with zero attached hydrogens (tertiary/aromatic N) is 1. The van der Waals surface area contributed by atoms with Gasteiger partial charge in [0.25, 0.3) is 0 Å². The second kappa shape index (κ2) is 7.31. The number of hydrogen-bond acceptors (Lipinski definition) is 1. The Balaban J connectivity index is 1.67. The van der Waals surface area contributed by atoms with E-state index in [1.165, 1.54) is 12.8 Å². The van der Waals surface area contributed by atoms with Gasteiger partial charge in [-0.2, -0.15) is 0 Å². The van der Waals surface area contributed by atoms with E-state index >= 15 is 0 Å². The number of aryl methyl sites for hydroxylation is 1. The number of nitrogens with one attached hydrogen (secondary N) is 2. The van der Waals surface area contributed by atoms with E-state index in [-0.39, 0.29) is 6.03 Å². The van der Waals surface area contributed by atoms with Gasteiger partial charge in [0.05, 0.1) is 0 Å². The fraction of sp³-hybridized carbons (Fsp3) is 0.421. The molecule has 128 valence electrons. The summed E-state index contributed by atoms with van der Waals surface area (Å²) in [5.41, 5.74) is 4.49. The molecular weight excluding hydrogens is 322 g/mol. The van der Waals surface area contributed by atoms with Crippen LogP contribution >= 0.6 is 11.6 Å². The number of amides is 2. The molecule has 0 atom stereocenters. The summed E-state index contributed by atoms with van der Waals surface area (Å²) >= 11 is 5.97. The van der Waals surface area contributed by atoms with E-state index in [0.29, 0.717) is 12.6 Å². The molecule has 24 heavy (non-hydrogen) atoms. The number of urea groups is 1. The third-order valence-corrected chi connectivity index (χ3v) is 5.00. The molecule has 4 nitrogen and oxygen atoms in total. The summed E-state index contributed by atoms with van der Waals surface area (Å²) in [5, 5.41) is 6.77. The highest BCUT2D eigenvalue weighted by Crippen LogP contribution is 2.22. The molecule has 1 aromatic carbocycles. The maximum atomic E-state index is 12.0. The van der Waals surface area contributed by atoms with Crippen molar-refractivity contribution in [1.29, 1.82) is 0 Å². The van der Waals surface area contributed by atoms with Crippen molar-refractivity contribution in [3.8, 4) is 5.69 Å². The minimum absolute atomic E-state index is 0.0711. The molecule has 1 saturated carbocycles. The van der Waals surface area contributed by atoms with Gasteiger partial charge in [0.1, 0.15) is 0 Å². The Bertz CT molecular complexity index is 715. The fourth-order valence-corrected chi connectivity index (χ4v) is 3.60. The summed E-state index contributed by atoms with van der Waals surface area (Å²) < 4.78 is 2.18. The Morgan fingerprint density at radius 2 is 1.88 bits per heavy atom. The molecule has 1 fully saturated rings. The van der Waals surface area contributed by atoms with Crippen LogP contribution in [-0.4, -0.2) is 16.6 Å². The van der Waals surface area contributed by atoms with Crippen molar-refractivity contribution in [2.24, 2.45) is 0 Å². The highest BCUT2D eigenvalue weighted by atomic mass is 35.5. The standard InChI is InChI=1S/C19H24ClN3O/c1-13-11-15(12-21-19(24)22-17-5-3-4-6-17)14(2)23(13)18-9-7-16(20)8-10-18/h7-11,17H,3-6,12H2,1-2H3,(H2,21,22,24). The lowest BCUT2D eigenvalue weighted by atomic mass is 10.2. The Morgan fingerprint density at radius 1 is 1.21 bits per heavy atom. The van der Waals surface area contributed by atoms with Crippen molar-refractivity contribution in [1.82, 2.24) is 15.2 Å². The Labute approximate surface area is 148 Å². The number of aromatic nitrogens is 1. The van der Waals surface area contributed by atoms with Crippen LogP contribution in [0.1, 0.15) is 42.6 Å². The van der Waals surface area contributed by atoms with E-state index in [4.69, 9.17) is 11.6 Å². The average molecular weight is 346 g/mol. The predicted molar refractivity (Wildman–Crippen MR) is 97.9 cm³/mol. The second-order valence-electron chi connectivity index (χ2n) is 6.52. The van der Waals surface area contributed by atoms with Gasteiger partial charge < -0.3 is 15.2 Å². The zero-order chi connectivity index (χ0) is 17.1. The molecule has 0 unspecified atom stereocenters. The molecule has 3 rings (SSSR count). The summed E-state index contributed by atoms with van der Waals surface area (Å²) in [7, 11) is 0. The molecule has 0 saturated heterocycles. The molecule has 1 aromatic heterocycles. The molecule has 2 aromatic rings. The molecule has 1 aliphatic carbocycles. The molecule has 5 heteroatoms. The number of hydrogen-bond donors (Lipinski definition) is 2.